The van der Waals surface area contributed by atoms with Crippen molar-refractivity contribution in [3.05, 3.63) is 67.4 Å². The lowest BCUT2D eigenvalue weighted by molar-refractivity contribution is -0.117. The first-order valence-corrected chi connectivity index (χ1v) is 9.54. The van der Waals surface area contributed by atoms with Crippen LogP contribution in [0.25, 0.3) is 0 Å². The molecule has 0 atom stereocenters. The number of primary amides is 1. The molecule has 154 valence electrons. The van der Waals surface area contributed by atoms with Crippen LogP contribution in [-0.4, -0.2) is 33.1 Å². The van der Waals surface area contributed by atoms with Gasteiger partial charge in [0.15, 0.2) is 16.6 Å². The fourth-order valence-electron chi connectivity index (χ4n) is 2.83. The van der Waals surface area contributed by atoms with Crippen LogP contribution in [0.1, 0.15) is 21.6 Å². The van der Waals surface area contributed by atoms with Crippen LogP contribution in [0.3, 0.4) is 0 Å². The van der Waals surface area contributed by atoms with Crippen LogP contribution < -0.4 is 31.8 Å². The van der Waals surface area contributed by atoms with Gasteiger partial charge < -0.3 is 20.2 Å². The number of anilines is 1. The van der Waals surface area contributed by atoms with E-state index >= 15 is 0 Å². The minimum atomic E-state index is -0.761. The molecule has 12 heteroatoms. The number of amides is 2. The molecule has 0 spiro atoms. The molecular weight excluding hydrogens is 414 g/mol. The fraction of sp³-hybridized carbons (Fsp3) is 0.167. The van der Waals surface area contributed by atoms with Gasteiger partial charge in [0.2, 0.25) is 12.7 Å². The van der Waals surface area contributed by atoms with Gasteiger partial charge in [-0.3, -0.25) is 24.3 Å². The van der Waals surface area contributed by atoms with Crippen LogP contribution in [0.2, 0.25) is 0 Å². The number of carbonyl (C=O) groups is 2. The zero-order chi connectivity index (χ0) is 21.3. The standard InChI is InChI=1S/C18H15N5O6S/c19-14(24)4-10-7-30-17(21-10)22-15(25)11-5-20-18(27)23(16(11)26)6-9-1-2-12-13(3-9)29-8-28-12/h1-3,5,7H,4,6,8H2,(H2,19,24)(H,20,27)(H,21,22,25). The number of fused-ring (bicyclic) bond motifs is 1. The average Bonchev–Trinajstić information content (AvgIpc) is 3.33. The highest BCUT2D eigenvalue weighted by atomic mass is 32.1. The molecule has 0 radical (unpaired) electrons. The summed E-state index contributed by atoms with van der Waals surface area (Å²) in [5, 5.41) is 4.25. The Bertz CT molecular complexity index is 1260. The SMILES string of the molecule is NC(=O)Cc1csc(NC(=O)c2c[nH]c(=O)n(Cc3ccc4c(c3)OCO4)c2=O)n1. The molecule has 2 amide bonds. The van der Waals surface area contributed by atoms with Crippen molar-refractivity contribution in [3.63, 3.8) is 0 Å². The van der Waals surface area contributed by atoms with E-state index < -0.39 is 23.1 Å². The Morgan fingerprint density at radius 2 is 2.07 bits per heavy atom. The van der Waals surface area contributed by atoms with Crippen molar-refractivity contribution >= 4 is 28.3 Å². The number of nitrogens with two attached hydrogens (primary N) is 1. The molecule has 4 N–H and O–H groups in total. The molecule has 0 unspecified atom stereocenters. The number of thiazole rings is 1. The number of rotatable bonds is 6. The van der Waals surface area contributed by atoms with E-state index in [-0.39, 0.29) is 30.5 Å². The van der Waals surface area contributed by atoms with Gasteiger partial charge in [0.05, 0.1) is 18.7 Å². The lowest BCUT2D eigenvalue weighted by Gasteiger charge is -2.08. The number of aromatic amines is 1. The van der Waals surface area contributed by atoms with E-state index in [2.05, 4.69) is 15.3 Å². The fourth-order valence-corrected chi connectivity index (χ4v) is 3.53. The number of nitrogens with one attached hydrogen (secondary N) is 2. The molecule has 0 saturated carbocycles. The van der Waals surface area contributed by atoms with Crippen molar-refractivity contribution in [3.8, 4) is 11.5 Å². The first-order valence-electron chi connectivity index (χ1n) is 8.66. The van der Waals surface area contributed by atoms with E-state index in [1.165, 1.54) is 0 Å². The molecule has 0 saturated heterocycles. The van der Waals surface area contributed by atoms with Gasteiger partial charge >= 0.3 is 5.69 Å². The van der Waals surface area contributed by atoms with Crippen molar-refractivity contribution in [2.75, 3.05) is 12.1 Å². The maximum absolute atomic E-state index is 12.8. The molecule has 1 aromatic carbocycles. The molecule has 0 bridgehead atoms. The van der Waals surface area contributed by atoms with Crippen LogP contribution >= 0.6 is 11.3 Å². The van der Waals surface area contributed by atoms with Gasteiger partial charge in [-0.2, -0.15) is 0 Å². The summed E-state index contributed by atoms with van der Waals surface area (Å²) in [5.41, 5.74) is 4.46. The number of benzene rings is 1. The zero-order valence-corrected chi connectivity index (χ0v) is 16.2. The maximum Gasteiger partial charge on any atom is 0.328 e. The molecule has 1 aliphatic rings. The van der Waals surface area contributed by atoms with Crippen LogP contribution in [0, 0.1) is 0 Å². The van der Waals surface area contributed by atoms with Crippen molar-refractivity contribution in [1.29, 1.82) is 0 Å². The summed E-state index contributed by atoms with van der Waals surface area (Å²) in [6.45, 7) is 0.0405. The number of aromatic nitrogens is 3. The van der Waals surface area contributed by atoms with E-state index in [1.807, 2.05) is 0 Å². The minimum Gasteiger partial charge on any atom is -0.454 e. The summed E-state index contributed by atoms with van der Waals surface area (Å²) in [6.07, 6.45) is 0.988. The van der Waals surface area contributed by atoms with Gasteiger partial charge in [-0.25, -0.2) is 9.78 Å². The van der Waals surface area contributed by atoms with Gasteiger partial charge in [0.25, 0.3) is 11.5 Å². The number of hydrogen-bond donors (Lipinski definition) is 3. The molecule has 30 heavy (non-hydrogen) atoms. The largest absolute Gasteiger partial charge is 0.454 e. The third kappa shape index (κ3) is 3.93. The Kier molecular flexibility index (Phi) is 5.06. The second kappa shape index (κ2) is 7.83. The van der Waals surface area contributed by atoms with Gasteiger partial charge in [-0.1, -0.05) is 6.07 Å². The number of ether oxygens (including phenoxy) is 2. The number of hydrogen-bond acceptors (Lipinski definition) is 8. The third-order valence-electron chi connectivity index (χ3n) is 4.21. The molecule has 0 aliphatic carbocycles. The quantitative estimate of drug-likeness (QED) is 0.499. The monoisotopic (exact) mass is 429 g/mol. The highest BCUT2D eigenvalue weighted by Gasteiger charge is 2.18. The highest BCUT2D eigenvalue weighted by Crippen LogP contribution is 2.32. The first-order chi connectivity index (χ1) is 14.4. The summed E-state index contributed by atoms with van der Waals surface area (Å²) < 4.78 is 11.4. The van der Waals surface area contributed by atoms with Gasteiger partial charge in [-0.05, 0) is 17.7 Å². The Labute approximate surface area is 172 Å². The number of nitrogens with zero attached hydrogens (tertiary/aromatic N) is 2. The third-order valence-corrected chi connectivity index (χ3v) is 5.02. The second-order valence-electron chi connectivity index (χ2n) is 6.33. The normalized spacial score (nSPS) is 12.0. The average molecular weight is 429 g/mol. The summed E-state index contributed by atoms with van der Waals surface area (Å²) in [5.74, 6) is -0.199. The number of carbonyl (C=O) groups excluding carboxylic acids is 2. The van der Waals surface area contributed by atoms with Crippen LogP contribution in [0.15, 0.2) is 39.4 Å². The smallest absolute Gasteiger partial charge is 0.328 e. The van der Waals surface area contributed by atoms with Gasteiger partial charge in [0.1, 0.15) is 5.56 Å². The van der Waals surface area contributed by atoms with Gasteiger partial charge in [0, 0.05) is 11.6 Å². The van der Waals surface area contributed by atoms with E-state index in [9.17, 15) is 19.2 Å². The van der Waals surface area contributed by atoms with Gasteiger partial charge in [-0.15, -0.1) is 11.3 Å². The summed E-state index contributed by atoms with van der Waals surface area (Å²) in [6, 6.07) is 5.04. The maximum atomic E-state index is 12.8. The van der Waals surface area contributed by atoms with E-state index in [1.54, 1.807) is 23.6 Å². The van der Waals surface area contributed by atoms with Crippen molar-refractivity contribution < 1.29 is 19.1 Å². The predicted molar refractivity (Wildman–Crippen MR) is 106 cm³/mol. The first kappa shape index (κ1) is 19.4. The lowest BCUT2D eigenvalue weighted by Crippen LogP contribution is -2.39. The minimum absolute atomic E-state index is 0.0621. The molecule has 3 aromatic rings. The topological polar surface area (TPSA) is 158 Å². The van der Waals surface area contributed by atoms with E-state index in [4.69, 9.17) is 15.2 Å². The molecule has 2 aromatic heterocycles. The molecule has 4 rings (SSSR count). The number of H-pyrrole nitrogens is 1. The molecule has 0 fully saturated rings. The molecule has 1 aliphatic heterocycles. The summed E-state index contributed by atoms with van der Waals surface area (Å²) in [7, 11) is 0. The van der Waals surface area contributed by atoms with Crippen LogP contribution in [0.4, 0.5) is 5.13 Å². The second-order valence-corrected chi connectivity index (χ2v) is 7.19. The van der Waals surface area contributed by atoms with E-state index in [0.717, 1.165) is 22.1 Å². The summed E-state index contributed by atoms with van der Waals surface area (Å²) in [4.78, 5) is 54.9. The van der Waals surface area contributed by atoms with Crippen molar-refractivity contribution in [2.45, 2.75) is 13.0 Å². The Morgan fingerprint density at radius 3 is 2.87 bits per heavy atom. The van der Waals surface area contributed by atoms with E-state index in [0.29, 0.717) is 22.8 Å². The lowest BCUT2D eigenvalue weighted by atomic mass is 10.2. The summed E-state index contributed by atoms with van der Waals surface area (Å²) >= 11 is 1.08. The predicted octanol–water partition coefficient (Wildman–Crippen LogP) is 0.0502. The molecule has 11 nitrogen and oxygen atoms in total. The van der Waals surface area contributed by atoms with Crippen molar-refractivity contribution in [2.24, 2.45) is 5.73 Å². The highest BCUT2D eigenvalue weighted by molar-refractivity contribution is 7.14. The Morgan fingerprint density at radius 1 is 1.27 bits per heavy atom. The van der Waals surface area contributed by atoms with Crippen LogP contribution in [0.5, 0.6) is 11.5 Å². The van der Waals surface area contributed by atoms with Crippen LogP contribution in [-0.2, 0) is 17.8 Å². The molecule has 3 heterocycles. The Balaban J connectivity index is 1.57. The van der Waals surface area contributed by atoms with Crippen molar-refractivity contribution in [1.82, 2.24) is 14.5 Å². The Hall–Kier alpha value is -3.93. The molecular formula is C18H15N5O6S. The zero-order valence-electron chi connectivity index (χ0n) is 15.3.